The van der Waals surface area contributed by atoms with E-state index in [0.29, 0.717) is 0 Å². The van der Waals surface area contributed by atoms with Crippen molar-refractivity contribution in [3.63, 3.8) is 0 Å². The van der Waals surface area contributed by atoms with Crippen LogP contribution in [0, 0.1) is 0 Å². The van der Waals surface area contributed by atoms with Crippen molar-refractivity contribution in [1.82, 2.24) is 14.3 Å². The average Bonchev–Trinajstić information content (AvgIpc) is 2.97. The second-order valence-corrected chi connectivity index (χ2v) is 8.23. The maximum absolute atomic E-state index is 13.5. The van der Waals surface area contributed by atoms with E-state index in [4.69, 9.17) is 15.2 Å². The van der Waals surface area contributed by atoms with Crippen LogP contribution in [0.4, 0.5) is 23.8 Å². The summed E-state index contributed by atoms with van der Waals surface area (Å²) in [6, 6.07) is 2.77. The van der Waals surface area contributed by atoms with Gasteiger partial charge in [-0.05, 0) is 12.5 Å². The van der Waals surface area contributed by atoms with Crippen LogP contribution in [0.25, 0.3) is 10.9 Å². The quantitative estimate of drug-likeness (QED) is 0.676. The van der Waals surface area contributed by atoms with Crippen LogP contribution >= 0.6 is 0 Å². The van der Waals surface area contributed by atoms with Gasteiger partial charge in [-0.2, -0.15) is 25.9 Å². The minimum atomic E-state index is -4.81. The molecule has 3 rings (SSSR count). The minimum absolute atomic E-state index is 0.0224. The molecule has 1 aliphatic rings. The number of nitrogens with two attached hydrogens (primary N) is 1. The van der Waals surface area contributed by atoms with Crippen molar-refractivity contribution in [2.75, 3.05) is 45.3 Å². The highest BCUT2D eigenvalue weighted by molar-refractivity contribution is 7.84. The number of carbonyl (C=O) groups is 1. The van der Waals surface area contributed by atoms with E-state index in [1.54, 1.807) is 0 Å². The number of alkyl halides is 3. The number of hydrogen-bond acceptors (Lipinski definition) is 9. The van der Waals surface area contributed by atoms with Gasteiger partial charge in [0.2, 0.25) is 5.82 Å². The first-order chi connectivity index (χ1) is 15.0. The van der Waals surface area contributed by atoms with Gasteiger partial charge < -0.3 is 24.3 Å². The summed E-state index contributed by atoms with van der Waals surface area (Å²) in [4.78, 5) is 19.7. The van der Waals surface area contributed by atoms with Crippen molar-refractivity contribution >= 4 is 33.1 Å². The Morgan fingerprint density at radius 2 is 1.72 bits per heavy atom. The van der Waals surface area contributed by atoms with Crippen LogP contribution in [0.15, 0.2) is 12.1 Å². The summed E-state index contributed by atoms with van der Waals surface area (Å²) >= 11 is 0. The lowest BCUT2D eigenvalue weighted by atomic mass is 10.2. The minimum Gasteiger partial charge on any atom is -0.493 e. The molecular weight excluding hydrogens is 459 g/mol. The van der Waals surface area contributed by atoms with Crippen molar-refractivity contribution in [3.05, 3.63) is 18.0 Å². The molecule has 0 aliphatic carbocycles. The van der Waals surface area contributed by atoms with Crippen LogP contribution < -0.4 is 20.1 Å². The van der Waals surface area contributed by atoms with E-state index >= 15 is 0 Å². The number of hydrogen-bond donors (Lipinski definition) is 1. The van der Waals surface area contributed by atoms with E-state index < -0.39 is 28.4 Å². The lowest BCUT2D eigenvalue weighted by Crippen LogP contribution is -2.38. The zero-order chi connectivity index (χ0) is 23.7. The number of methoxy groups -OCH3 is 2. The fourth-order valence-electron chi connectivity index (χ4n) is 3.29. The Bertz CT molecular complexity index is 1130. The van der Waals surface area contributed by atoms with Crippen LogP contribution in [0.3, 0.4) is 0 Å². The number of halogens is 3. The SMILES string of the molecule is COc1cc2nc(C(F)(F)F)nc(N3CCCN(S(=O)(=O)OC(N)=O)CC3)c2cc1OC. The zero-order valence-electron chi connectivity index (χ0n) is 17.0. The predicted molar refractivity (Wildman–Crippen MR) is 106 cm³/mol. The van der Waals surface area contributed by atoms with Gasteiger partial charge in [0, 0.05) is 37.6 Å². The summed E-state index contributed by atoms with van der Waals surface area (Å²) in [5.74, 6) is -0.940. The monoisotopic (exact) mass is 479 g/mol. The van der Waals surface area contributed by atoms with Crippen LogP contribution in [-0.2, 0) is 20.7 Å². The number of fused-ring (bicyclic) bond motifs is 1. The number of carbonyl (C=O) groups excluding carboxylic acids is 1. The number of anilines is 1. The Morgan fingerprint density at radius 1 is 1.06 bits per heavy atom. The molecule has 1 saturated heterocycles. The van der Waals surface area contributed by atoms with Gasteiger partial charge in [-0.1, -0.05) is 0 Å². The molecule has 2 N–H and O–H groups in total. The highest BCUT2D eigenvalue weighted by atomic mass is 32.2. The molecule has 32 heavy (non-hydrogen) atoms. The number of amides is 1. The molecule has 0 bridgehead atoms. The highest BCUT2D eigenvalue weighted by Gasteiger charge is 2.37. The van der Waals surface area contributed by atoms with E-state index in [-0.39, 0.29) is 60.8 Å². The van der Waals surface area contributed by atoms with Gasteiger partial charge >= 0.3 is 22.6 Å². The van der Waals surface area contributed by atoms with Crippen molar-refractivity contribution < 1.29 is 40.0 Å². The molecule has 1 fully saturated rings. The van der Waals surface area contributed by atoms with Crippen LogP contribution in [0.1, 0.15) is 12.2 Å². The fourth-order valence-corrected chi connectivity index (χ4v) is 4.26. The van der Waals surface area contributed by atoms with Crippen molar-refractivity contribution in [3.8, 4) is 11.5 Å². The van der Waals surface area contributed by atoms with Crippen LogP contribution in [-0.4, -0.2) is 69.2 Å². The topological polar surface area (TPSA) is 137 Å². The molecule has 176 valence electrons. The lowest BCUT2D eigenvalue weighted by molar-refractivity contribution is -0.144. The Hall–Kier alpha value is -3.07. The van der Waals surface area contributed by atoms with Crippen molar-refractivity contribution in [2.45, 2.75) is 12.6 Å². The molecule has 0 atom stereocenters. The van der Waals surface area contributed by atoms with E-state index in [9.17, 15) is 26.4 Å². The van der Waals surface area contributed by atoms with Gasteiger partial charge in [0.1, 0.15) is 5.82 Å². The van der Waals surface area contributed by atoms with Gasteiger partial charge in [0.25, 0.3) is 0 Å². The number of nitrogens with zero attached hydrogens (tertiary/aromatic N) is 4. The van der Waals surface area contributed by atoms with Crippen molar-refractivity contribution in [1.29, 1.82) is 0 Å². The third kappa shape index (κ3) is 4.88. The normalized spacial score (nSPS) is 16.0. The van der Waals surface area contributed by atoms with Gasteiger partial charge in [0.05, 0.1) is 19.7 Å². The summed E-state index contributed by atoms with van der Waals surface area (Å²) in [5, 5.41) is 0.264. The fraction of sp³-hybridized carbons (Fsp3) is 0.471. The number of ether oxygens (including phenoxy) is 2. The average molecular weight is 479 g/mol. The maximum Gasteiger partial charge on any atom is 0.451 e. The summed E-state index contributed by atoms with van der Waals surface area (Å²) < 4.78 is 80.1. The molecule has 1 aromatic heterocycles. The van der Waals surface area contributed by atoms with Gasteiger partial charge in [-0.25, -0.2) is 14.8 Å². The maximum atomic E-state index is 13.5. The largest absolute Gasteiger partial charge is 0.493 e. The zero-order valence-corrected chi connectivity index (χ0v) is 17.9. The first-order valence-electron chi connectivity index (χ1n) is 9.21. The Morgan fingerprint density at radius 3 is 2.31 bits per heavy atom. The Kier molecular flexibility index (Phi) is 6.50. The lowest BCUT2D eigenvalue weighted by Gasteiger charge is -2.24. The smallest absolute Gasteiger partial charge is 0.451 e. The second-order valence-electron chi connectivity index (χ2n) is 6.69. The number of rotatable bonds is 5. The van der Waals surface area contributed by atoms with E-state index in [2.05, 4.69) is 14.2 Å². The summed E-state index contributed by atoms with van der Waals surface area (Å²) in [7, 11) is -1.70. The predicted octanol–water partition coefficient (Wildman–Crippen LogP) is 1.52. The Labute approximate surface area is 181 Å². The molecule has 0 radical (unpaired) electrons. The van der Waals surface area contributed by atoms with E-state index in [0.717, 1.165) is 4.31 Å². The molecule has 0 spiro atoms. The van der Waals surface area contributed by atoms with E-state index in [1.807, 2.05) is 0 Å². The van der Waals surface area contributed by atoms with Crippen molar-refractivity contribution in [2.24, 2.45) is 5.73 Å². The van der Waals surface area contributed by atoms with Gasteiger partial charge in [-0.3, -0.25) is 0 Å². The van der Waals surface area contributed by atoms with Crippen LogP contribution in [0.5, 0.6) is 11.5 Å². The molecule has 1 amide bonds. The molecule has 2 aromatic rings. The first kappa shape index (κ1) is 23.6. The summed E-state index contributed by atoms with van der Waals surface area (Å²) in [5.41, 5.74) is 4.77. The highest BCUT2D eigenvalue weighted by Crippen LogP contribution is 2.38. The first-order valence-corrected chi connectivity index (χ1v) is 10.6. The summed E-state index contributed by atoms with van der Waals surface area (Å²) in [6.45, 7) is -0.0480. The molecule has 11 nitrogen and oxygen atoms in total. The molecule has 1 aliphatic heterocycles. The Balaban J connectivity index is 2.05. The van der Waals surface area contributed by atoms with Gasteiger partial charge in [0.15, 0.2) is 11.5 Å². The molecule has 15 heteroatoms. The second kappa shape index (κ2) is 8.82. The van der Waals surface area contributed by atoms with E-state index in [1.165, 1.54) is 31.3 Å². The van der Waals surface area contributed by atoms with Gasteiger partial charge in [-0.15, -0.1) is 0 Å². The number of primary amides is 1. The standard InChI is InChI=1S/C17H20F3N5O6S/c1-29-12-8-10-11(9-13(12)30-2)22-15(17(18,19)20)23-14(10)24-4-3-5-25(7-6-24)32(27,28)31-16(21)26/h8-9H,3-7H2,1-2H3,(H2,21,26). The third-order valence-corrected chi connectivity index (χ3v) is 6.07. The molecule has 0 saturated carbocycles. The van der Waals surface area contributed by atoms with Crippen LogP contribution in [0.2, 0.25) is 0 Å². The third-order valence-electron chi connectivity index (χ3n) is 4.69. The molecule has 1 aromatic carbocycles. The molecule has 2 heterocycles. The molecule has 0 unspecified atom stereocenters. The number of benzene rings is 1. The number of aromatic nitrogens is 2. The molecular formula is C17H20F3N5O6S. The summed E-state index contributed by atoms with van der Waals surface area (Å²) in [6.07, 6.45) is -6.07.